The Morgan fingerprint density at radius 3 is 2.38 bits per heavy atom. The third-order valence-electron chi connectivity index (χ3n) is 2.50. The van der Waals surface area contributed by atoms with Crippen LogP contribution in [0, 0.1) is 0 Å². The van der Waals surface area contributed by atoms with Crippen molar-refractivity contribution in [2.75, 3.05) is 5.32 Å². The molecule has 1 amide bonds. The second kappa shape index (κ2) is 6.15. The van der Waals surface area contributed by atoms with Gasteiger partial charge in [0.1, 0.15) is 4.90 Å². The molecular weight excluding hydrogens is 314 g/mol. The summed E-state index contributed by atoms with van der Waals surface area (Å²) >= 11 is 5.87. The Morgan fingerprint density at radius 2 is 1.71 bits per heavy atom. The van der Waals surface area contributed by atoms with Crippen LogP contribution in [-0.4, -0.2) is 14.3 Å². The van der Waals surface area contributed by atoms with Crippen molar-refractivity contribution in [1.82, 2.24) is 0 Å². The third-order valence-corrected chi connectivity index (χ3v) is 4.24. The molecule has 0 unspecified atom stereocenters. The number of hydrogen-bond acceptors (Lipinski definition) is 4. The fourth-order valence-electron chi connectivity index (χ4n) is 1.64. The minimum Gasteiger partial charge on any atom is -0.377 e. The van der Waals surface area contributed by atoms with Crippen LogP contribution < -0.4 is 9.50 Å². The van der Waals surface area contributed by atoms with Gasteiger partial charge in [0.25, 0.3) is 0 Å². The molecular formula is C14H12ClNO4S. The van der Waals surface area contributed by atoms with E-state index in [1.807, 2.05) is 0 Å². The van der Waals surface area contributed by atoms with Crippen LogP contribution in [0.4, 0.5) is 5.69 Å². The van der Waals surface area contributed by atoms with Crippen molar-refractivity contribution >= 4 is 33.3 Å². The van der Waals surface area contributed by atoms with Crippen molar-refractivity contribution in [2.45, 2.75) is 11.8 Å². The maximum atomic E-state index is 12.2. The fourth-order valence-corrected chi connectivity index (χ4v) is 3.09. The highest BCUT2D eigenvalue weighted by Gasteiger charge is 2.21. The van der Waals surface area contributed by atoms with Gasteiger partial charge in [-0.05, 0) is 24.3 Å². The van der Waals surface area contributed by atoms with Crippen molar-refractivity contribution in [1.29, 1.82) is 0 Å². The topological polar surface area (TPSA) is 72.5 Å². The number of carbonyl (C=O) groups is 1. The summed E-state index contributed by atoms with van der Waals surface area (Å²) in [6.45, 7) is 1.32. The summed E-state index contributed by atoms with van der Waals surface area (Å²) in [5, 5.41) is 2.57. The highest BCUT2D eigenvalue weighted by Crippen LogP contribution is 2.29. The van der Waals surface area contributed by atoms with Crippen LogP contribution >= 0.6 is 11.6 Å². The average Bonchev–Trinajstić information content (AvgIpc) is 2.40. The summed E-state index contributed by atoms with van der Waals surface area (Å²) in [4.78, 5) is 11.0. The maximum Gasteiger partial charge on any atom is 0.340 e. The highest BCUT2D eigenvalue weighted by molar-refractivity contribution is 7.87. The van der Waals surface area contributed by atoms with E-state index in [9.17, 15) is 13.2 Å². The number of carbonyl (C=O) groups excluding carboxylic acids is 1. The Kier molecular flexibility index (Phi) is 4.50. The van der Waals surface area contributed by atoms with Gasteiger partial charge in [-0.15, -0.1) is 0 Å². The lowest BCUT2D eigenvalue weighted by Crippen LogP contribution is -2.13. The minimum atomic E-state index is -4.09. The van der Waals surface area contributed by atoms with Crippen molar-refractivity contribution in [3.63, 3.8) is 0 Å². The molecule has 21 heavy (non-hydrogen) atoms. The first-order chi connectivity index (χ1) is 9.90. The summed E-state index contributed by atoms with van der Waals surface area (Å²) in [5.74, 6) is -0.311. The van der Waals surface area contributed by atoms with Gasteiger partial charge in [0.15, 0.2) is 5.75 Å². The number of halogens is 1. The Hall–Kier alpha value is -2.05. The van der Waals surface area contributed by atoms with E-state index in [1.54, 1.807) is 30.3 Å². The summed E-state index contributed by atoms with van der Waals surface area (Å²) in [7, 11) is -4.09. The molecule has 0 spiro atoms. The minimum absolute atomic E-state index is 0.0209. The van der Waals surface area contributed by atoms with Gasteiger partial charge in [-0.2, -0.15) is 8.42 Å². The lowest BCUT2D eigenvalue weighted by Gasteiger charge is -2.12. The van der Waals surface area contributed by atoms with E-state index in [1.165, 1.54) is 25.1 Å². The lowest BCUT2D eigenvalue weighted by atomic mass is 10.3. The van der Waals surface area contributed by atoms with Gasteiger partial charge in [-0.1, -0.05) is 35.9 Å². The monoisotopic (exact) mass is 325 g/mol. The number of para-hydroxylation sites is 2. The van der Waals surface area contributed by atoms with Gasteiger partial charge in [0.2, 0.25) is 5.91 Å². The van der Waals surface area contributed by atoms with Gasteiger partial charge < -0.3 is 9.50 Å². The smallest absolute Gasteiger partial charge is 0.340 e. The Balaban J connectivity index is 2.38. The van der Waals surface area contributed by atoms with Crippen molar-refractivity contribution in [3.8, 4) is 5.75 Å². The number of anilines is 1. The third kappa shape index (κ3) is 3.74. The molecule has 2 aromatic carbocycles. The Bertz CT molecular complexity index is 774. The molecule has 0 aliphatic rings. The molecule has 0 atom stereocenters. The summed E-state index contributed by atoms with van der Waals surface area (Å²) in [5.41, 5.74) is 0.264. The molecule has 2 aromatic rings. The van der Waals surface area contributed by atoms with E-state index in [0.717, 1.165) is 0 Å². The van der Waals surface area contributed by atoms with Gasteiger partial charge in [-0.25, -0.2) is 0 Å². The molecule has 0 aliphatic carbocycles. The van der Waals surface area contributed by atoms with Gasteiger partial charge in [0, 0.05) is 6.92 Å². The van der Waals surface area contributed by atoms with E-state index in [4.69, 9.17) is 15.8 Å². The SMILES string of the molecule is CC(=O)Nc1ccccc1OS(=O)(=O)c1ccccc1Cl. The first-order valence-corrected chi connectivity index (χ1v) is 7.74. The first-order valence-electron chi connectivity index (χ1n) is 5.96. The number of amides is 1. The molecule has 0 radical (unpaired) electrons. The lowest BCUT2D eigenvalue weighted by molar-refractivity contribution is -0.114. The quantitative estimate of drug-likeness (QED) is 0.877. The zero-order valence-electron chi connectivity index (χ0n) is 11.0. The predicted molar refractivity (Wildman–Crippen MR) is 80.0 cm³/mol. The number of benzene rings is 2. The first kappa shape index (κ1) is 15.3. The fraction of sp³-hybridized carbons (Fsp3) is 0.0714. The van der Waals surface area contributed by atoms with Crippen LogP contribution in [0.1, 0.15) is 6.92 Å². The largest absolute Gasteiger partial charge is 0.377 e. The summed E-state index contributed by atoms with van der Waals surface area (Å²) < 4.78 is 29.6. The zero-order chi connectivity index (χ0) is 15.5. The highest BCUT2D eigenvalue weighted by atomic mass is 35.5. The van der Waals surface area contributed by atoms with E-state index in [-0.39, 0.29) is 27.3 Å². The molecule has 1 N–H and O–H groups in total. The van der Waals surface area contributed by atoms with Crippen LogP contribution in [0.3, 0.4) is 0 Å². The average molecular weight is 326 g/mol. The van der Waals surface area contributed by atoms with Crippen molar-refractivity contribution < 1.29 is 17.4 Å². The normalized spacial score (nSPS) is 11.0. The molecule has 0 saturated carbocycles. The Labute approximate surface area is 127 Å². The molecule has 0 bridgehead atoms. The Morgan fingerprint density at radius 1 is 1.10 bits per heavy atom. The molecule has 0 heterocycles. The molecule has 0 saturated heterocycles. The van der Waals surface area contributed by atoms with E-state index < -0.39 is 10.1 Å². The van der Waals surface area contributed by atoms with Gasteiger partial charge in [0.05, 0.1) is 10.7 Å². The molecule has 110 valence electrons. The molecule has 0 aliphatic heterocycles. The van der Waals surface area contributed by atoms with Crippen molar-refractivity contribution in [2.24, 2.45) is 0 Å². The van der Waals surface area contributed by atoms with Crippen LogP contribution in [0.2, 0.25) is 5.02 Å². The predicted octanol–water partition coefficient (Wildman–Crippen LogP) is 3.07. The second-order valence-electron chi connectivity index (χ2n) is 4.15. The second-order valence-corrected chi connectivity index (χ2v) is 6.07. The number of nitrogens with one attached hydrogen (secondary N) is 1. The van der Waals surface area contributed by atoms with E-state index in [0.29, 0.717) is 0 Å². The van der Waals surface area contributed by atoms with Crippen molar-refractivity contribution in [3.05, 3.63) is 53.6 Å². The van der Waals surface area contributed by atoms with Crippen LogP contribution in [-0.2, 0) is 14.9 Å². The maximum absolute atomic E-state index is 12.2. The molecule has 2 rings (SSSR count). The molecule has 0 aromatic heterocycles. The van der Waals surface area contributed by atoms with Gasteiger partial charge >= 0.3 is 10.1 Å². The number of rotatable bonds is 4. The van der Waals surface area contributed by atoms with Crippen LogP contribution in [0.15, 0.2) is 53.4 Å². The number of hydrogen-bond donors (Lipinski definition) is 1. The standard InChI is InChI=1S/C14H12ClNO4S/c1-10(17)16-12-7-3-4-8-13(12)20-21(18,19)14-9-5-2-6-11(14)15/h2-9H,1H3,(H,16,17). The van der Waals surface area contributed by atoms with E-state index >= 15 is 0 Å². The summed E-state index contributed by atoms with van der Waals surface area (Å²) in [6.07, 6.45) is 0. The molecule has 0 fully saturated rings. The molecule has 7 heteroatoms. The van der Waals surface area contributed by atoms with Crippen LogP contribution in [0.5, 0.6) is 5.75 Å². The van der Waals surface area contributed by atoms with Gasteiger partial charge in [-0.3, -0.25) is 4.79 Å². The molecule has 5 nitrogen and oxygen atoms in total. The van der Waals surface area contributed by atoms with Crippen LogP contribution in [0.25, 0.3) is 0 Å². The summed E-state index contributed by atoms with van der Waals surface area (Å²) in [6, 6.07) is 12.2. The van der Waals surface area contributed by atoms with E-state index in [2.05, 4.69) is 5.32 Å². The zero-order valence-corrected chi connectivity index (χ0v) is 12.6.